The average molecular weight is 363 g/mol. The molecule has 0 spiro atoms. The van der Waals surface area contributed by atoms with Crippen LogP contribution in [0.2, 0.25) is 0 Å². The molecular formula is C18H17N7S. The van der Waals surface area contributed by atoms with Gasteiger partial charge in [0.2, 0.25) is 5.82 Å². The first-order valence-corrected chi connectivity index (χ1v) is 9.50. The predicted molar refractivity (Wildman–Crippen MR) is 101 cm³/mol. The summed E-state index contributed by atoms with van der Waals surface area (Å²) >= 11 is 1.62. The van der Waals surface area contributed by atoms with Crippen LogP contribution in [-0.4, -0.2) is 30.2 Å². The molecule has 1 aromatic carbocycles. The molecule has 1 aliphatic carbocycles. The smallest absolute Gasteiger partial charge is 0.204 e. The standard InChI is InChI=1S/C18H17N7S/c1-11(21-17-15-8-9-26-18(15)20-10-19-17)12-2-4-13(5-3-12)16-22-24-25(23-16)14-6-7-14/h2-5,8-11,14H,6-7H2,1H3,(H,19,20,21)/t11-/m0/s1. The number of benzene rings is 1. The molecule has 0 bridgehead atoms. The molecule has 7 nitrogen and oxygen atoms in total. The Morgan fingerprint density at radius 3 is 2.81 bits per heavy atom. The highest BCUT2D eigenvalue weighted by Crippen LogP contribution is 2.33. The summed E-state index contributed by atoms with van der Waals surface area (Å²) in [5, 5.41) is 19.4. The van der Waals surface area contributed by atoms with Gasteiger partial charge < -0.3 is 5.32 Å². The second-order valence-electron chi connectivity index (χ2n) is 6.51. The normalized spacial score (nSPS) is 15.3. The summed E-state index contributed by atoms with van der Waals surface area (Å²) in [6.45, 7) is 2.12. The van der Waals surface area contributed by atoms with Gasteiger partial charge in [-0.15, -0.1) is 21.5 Å². The molecule has 1 aliphatic rings. The third-order valence-corrected chi connectivity index (χ3v) is 5.41. The molecular weight excluding hydrogens is 346 g/mol. The molecule has 5 rings (SSSR count). The third-order valence-electron chi connectivity index (χ3n) is 4.59. The molecule has 26 heavy (non-hydrogen) atoms. The van der Waals surface area contributed by atoms with Crippen LogP contribution in [0.1, 0.15) is 37.4 Å². The van der Waals surface area contributed by atoms with Crippen molar-refractivity contribution in [3.8, 4) is 11.4 Å². The Morgan fingerprint density at radius 2 is 2.00 bits per heavy atom. The van der Waals surface area contributed by atoms with Gasteiger partial charge in [-0.05, 0) is 42.0 Å². The molecule has 1 fully saturated rings. The van der Waals surface area contributed by atoms with Crippen molar-refractivity contribution in [2.45, 2.75) is 31.8 Å². The summed E-state index contributed by atoms with van der Waals surface area (Å²) in [5.41, 5.74) is 2.15. The zero-order valence-corrected chi connectivity index (χ0v) is 15.0. The minimum Gasteiger partial charge on any atom is -0.363 e. The maximum Gasteiger partial charge on any atom is 0.204 e. The highest BCUT2D eigenvalue weighted by Gasteiger charge is 2.26. The number of nitrogens with zero attached hydrogens (tertiary/aromatic N) is 6. The Morgan fingerprint density at radius 1 is 1.15 bits per heavy atom. The van der Waals surface area contributed by atoms with Gasteiger partial charge in [-0.25, -0.2) is 9.97 Å². The number of thiophene rings is 1. The average Bonchev–Trinajstić information content (AvgIpc) is 3.20. The van der Waals surface area contributed by atoms with Crippen LogP contribution in [0.25, 0.3) is 21.6 Å². The van der Waals surface area contributed by atoms with Gasteiger partial charge in [-0.1, -0.05) is 24.3 Å². The highest BCUT2D eigenvalue weighted by atomic mass is 32.1. The van der Waals surface area contributed by atoms with Gasteiger partial charge in [-0.3, -0.25) is 0 Å². The molecule has 0 unspecified atom stereocenters. The van der Waals surface area contributed by atoms with E-state index in [2.05, 4.69) is 49.8 Å². The lowest BCUT2D eigenvalue weighted by molar-refractivity contribution is 0.537. The van der Waals surface area contributed by atoms with Gasteiger partial charge >= 0.3 is 0 Å². The summed E-state index contributed by atoms with van der Waals surface area (Å²) in [6, 6.07) is 10.9. The predicted octanol–water partition coefficient (Wildman–Crippen LogP) is 3.85. The summed E-state index contributed by atoms with van der Waals surface area (Å²) in [7, 11) is 0. The van der Waals surface area contributed by atoms with E-state index in [0.29, 0.717) is 11.9 Å². The molecule has 0 radical (unpaired) electrons. The summed E-state index contributed by atoms with van der Waals surface area (Å²) in [5.74, 6) is 1.54. The second-order valence-corrected chi connectivity index (χ2v) is 7.41. The van der Waals surface area contributed by atoms with Crippen LogP contribution in [0.4, 0.5) is 5.82 Å². The van der Waals surface area contributed by atoms with Crippen molar-refractivity contribution < 1.29 is 0 Å². The molecule has 0 amide bonds. The molecule has 0 aliphatic heterocycles. The van der Waals surface area contributed by atoms with Gasteiger partial charge in [0, 0.05) is 11.6 Å². The lowest BCUT2D eigenvalue weighted by Gasteiger charge is -2.15. The Hall–Kier alpha value is -2.87. The van der Waals surface area contributed by atoms with Crippen molar-refractivity contribution in [2.24, 2.45) is 0 Å². The maximum atomic E-state index is 4.48. The van der Waals surface area contributed by atoms with E-state index >= 15 is 0 Å². The number of aromatic nitrogens is 6. The molecule has 3 heterocycles. The lowest BCUT2D eigenvalue weighted by atomic mass is 10.1. The van der Waals surface area contributed by atoms with Gasteiger partial charge in [0.05, 0.1) is 11.4 Å². The van der Waals surface area contributed by atoms with Gasteiger partial charge in [-0.2, -0.15) is 4.80 Å². The minimum atomic E-state index is 0.122. The third kappa shape index (κ3) is 2.82. The van der Waals surface area contributed by atoms with Crippen LogP contribution in [0.15, 0.2) is 42.0 Å². The topological polar surface area (TPSA) is 81.4 Å². The Labute approximate surface area is 154 Å². The number of hydrogen-bond acceptors (Lipinski definition) is 7. The van der Waals surface area contributed by atoms with Crippen molar-refractivity contribution in [3.05, 3.63) is 47.6 Å². The number of fused-ring (bicyclic) bond motifs is 1. The first-order chi connectivity index (χ1) is 12.8. The first kappa shape index (κ1) is 15.4. The Bertz CT molecular complexity index is 1050. The van der Waals surface area contributed by atoms with Crippen molar-refractivity contribution in [1.29, 1.82) is 0 Å². The number of hydrogen-bond donors (Lipinski definition) is 1. The van der Waals surface area contributed by atoms with Crippen LogP contribution in [0.5, 0.6) is 0 Å². The van der Waals surface area contributed by atoms with Crippen LogP contribution >= 0.6 is 11.3 Å². The van der Waals surface area contributed by atoms with E-state index in [9.17, 15) is 0 Å². The Balaban J connectivity index is 1.35. The van der Waals surface area contributed by atoms with Gasteiger partial charge in [0.15, 0.2) is 0 Å². The molecule has 4 aromatic rings. The van der Waals surface area contributed by atoms with E-state index < -0.39 is 0 Å². The number of tetrazole rings is 1. The fraction of sp³-hybridized carbons (Fsp3) is 0.278. The fourth-order valence-corrected chi connectivity index (χ4v) is 3.65. The summed E-state index contributed by atoms with van der Waals surface area (Å²) in [4.78, 5) is 11.4. The van der Waals surface area contributed by atoms with E-state index in [-0.39, 0.29) is 6.04 Å². The second kappa shape index (κ2) is 6.14. The van der Waals surface area contributed by atoms with Crippen molar-refractivity contribution >= 4 is 27.4 Å². The quantitative estimate of drug-likeness (QED) is 0.580. The van der Waals surface area contributed by atoms with E-state index in [1.54, 1.807) is 22.5 Å². The summed E-state index contributed by atoms with van der Waals surface area (Å²) in [6.07, 6.45) is 3.91. The molecule has 8 heteroatoms. The van der Waals surface area contributed by atoms with Crippen LogP contribution < -0.4 is 5.32 Å². The molecule has 130 valence electrons. The molecule has 3 aromatic heterocycles. The highest BCUT2D eigenvalue weighted by molar-refractivity contribution is 7.16. The SMILES string of the molecule is C[C@H](Nc1ncnc2sccc12)c1ccc(-c2nnn(C3CC3)n2)cc1. The van der Waals surface area contributed by atoms with Crippen LogP contribution in [0, 0.1) is 0 Å². The lowest BCUT2D eigenvalue weighted by Crippen LogP contribution is -2.08. The van der Waals surface area contributed by atoms with Gasteiger partial charge in [0.25, 0.3) is 0 Å². The largest absolute Gasteiger partial charge is 0.363 e. The van der Waals surface area contributed by atoms with E-state index in [1.165, 1.54) is 5.56 Å². The van der Waals surface area contributed by atoms with Crippen LogP contribution in [0.3, 0.4) is 0 Å². The first-order valence-electron chi connectivity index (χ1n) is 8.62. The molecule has 1 saturated carbocycles. The van der Waals surface area contributed by atoms with Gasteiger partial charge in [0.1, 0.15) is 17.0 Å². The van der Waals surface area contributed by atoms with Crippen molar-refractivity contribution in [1.82, 2.24) is 30.2 Å². The van der Waals surface area contributed by atoms with E-state index in [0.717, 1.165) is 34.4 Å². The van der Waals surface area contributed by atoms with Crippen LogP contribution in [-0.2, 0) is 0 Å². The zero-order chi connectivity index (χ0) is 17.5. The zero-order valence-electron chi connectivity index (χ0n) is 14.2. The minimum absolute atomic E-state index is 0.122. The molecule has 1 N–H and O–H groups in total. The van der Waals surface area contributed by atoms with Crippen molar-refractivity contribution in [2.75, 3.05) is 5.32 Å². The number of rotatable bonds is 5. The van der Waals surface area contributed by atoms with E-state index in [1.807, 2.05) is 23.6 Å². The number of nitrogens with one attached hydrogen (secondary N) is 1. The molecule has 0 saturated heterocycles. The van der Waals surface area contributed by atoms with Crippen molar-refractivity contribution in [3.63, 3.8) is 0 Å². The molecule has 1 atom stereocenters. The maximum absolute atomic E-state index is 4.48. The summed E-state index contributed by atoms with van der Waals surface area (Å²) < 4.78 is 0. The van der Waals surface area contributed by atoms with E-state index in [4.69, 9.17) is 0 Å². The Kier molecular flexibility index (Phi) is 3.63. The monoisotopic (exact) mass is 363 g/mol. The fourth-order valence-electron chi connectivity index (χ4n) is 2.92. The number of anilines is 1.